The zero-order chi connectivity index (χ0) is 11.9. The van der Waals surface area contributed by atoms with Gasteiger partial charge in [0, 0.05) is 23.5 Å². The fourth-order valence-electron chi connectivity index (χ4n) is 1.23. The number of fused-ring (bicyclic) bond motifs is 1. The van der Waals surface area contributed by atoms with E-state index in [-0.39, 0.29) is 5.65 Å². The summed E-state index contributed by atoms with van der Waals surface area (Å²) < 4.78 is 27.8. The van der Waals surface area contributed by atoms with Crippen LogP contribution in [0.4, 0.5) is 8.78 Å². The molecule has 0 saturated heterocycles. The molecular formula is C9H6ClF2N3O. The van der Waals surface area contributed by atoms with Gasteiger partial charge >= 0.3 is 5.92 Å². The number of hydrogen-bond donors (Lipinski definition) is 1. The summed E-state index contributed by atoms with van der Waals surface area (Å²) in [5.41, 5.74) is 4.12. The highest BCUT2D eigenvalue weighted by Gasteiger charge is 2.41. The predicted octanol–water partition coefficient (Wildman–Crippen LogP) is 1.56. The van der Waals surface area contributed by atoms with E-state index in [1.807, 2.05) is 0 Å². The average Bonchev–Trinajstić information content (AvgIpc) is 2.60. The second kappa shape index (κ2) is 3.41. The number of hydrogen-bond acceptors (Lipinski definition) is 2. The molecule has 0 fully saturated rings. The quantitative estimate of drug-likeness (QED) is 0.873. The van der Waals surface area contributed by atoms with Gasteiger partial charge in [-0.1, -0.05) is 11.6 Å². The van der Waals surface area contributed by atoms with Crippen LogP contribution in [0.5, 0.6) is 0 Å². The van der Waals surface area contributed by atoms with Crippen molar-refractivity contribution < 1.29 is 13.6 Å². The van der Waals surface area contributed by atoms with Crippen LogP contribution in [0.1, 0.15) is 5.69 Å². The Bertz CT molecular complexity index is 567. The number of carbonyl (C=O) groups excluding carboxylic acids is 1. The number of carbonyl (C=O) groups is 1. The predicted molar refractivity (Wildman–Crippen MR) is 53.3 cm³/mol. The van der Waals surface area contributed by atoms with Gasteiger partial charge in [-0.2, -0.15) is 8.78 Å². The Balaban J connectivity index is 2.59. The summed E-state index contributed by atoms with van der Waals surface area (Å²) in [7, 11) is 0. The summed E-state index contributed by atoms with van der Waals surface area (Å²) >= 11 is 5.67. The first-order valence-corrected chi connectivity index (χ1v) is 4.61. The van der Waals surface area contributed by atoms with E-state index >= 15 is 0 Å². The molecule has 0 saturated carbocycles. The maximum absolute atomic E-state index is 13.2. The summed E-state index contributed by atoms with van der Waals surface area (Å²) in [5.74, 6) is -5.51. The lowest BCUT2D eigenvalue weighted by Gasteiger charge is -2.07. The fraction of sp³-hybridized carbons (Fsp3) is 0.111. The van der Waals surface area contributed by atoms with Crippen LogP contribution in [0.2, 0.25) is 5.02 Å². The Morgan fingerprint density at radius 2 is 2.25 bits per heavy atom. The van der Waals surface area contributed by atoms with Crippen LogP contribution in [0.15, 0.2) is 24.5 Å². The van der Waals surface area contributed by atoms with Gasteiger partial charge in [-0.15, -0.1) is 0 Å². The molecule has 4 nitrogen and oxygen atoms in total. The molecular weight excluding hydrogens is 240 g/mol. The third-order valence-corrected chi connectivity index (χ3v) is 2.29. The number of rotatable bonds is 2. The summed E-state index contributed by atoms with van der Waals surface area (Å²) in [6.07, 6.45) is 2.50. The van der Waals surface area contributed by atoms with Crippen LogP contribution in [-0.2, 0) is 10.7 Å². The average molecular weight is 246 g/mol. The topological polar surface area (TPSA) is 60.4 Å². The van der Waals surface area contributed by atoms with Crippen molar-refractivity contribution in [1.29, 1.82) is 0 Å². The lowest BCUT2D eigenvalue weighted by Crippen LogP contribution is -2.33. The van der Waals surface area contributed by atoms with Gasteiger partial charge in [-0.25, -0.2) is 4.98 Å². The molecule has 16 heavy (non-hydrogen) atoms. The van der Waals surface area contributed by atoms with E-state index in [0.717, 1.165) is 6.20 Å². The van der Waals surface area contributed by atoms with E-state index < -0.39 is 17.5 Å². The second-order valence-electron chi connectivity index (χ2n) is 3.18. The number of nitrogens with zero attached hydrogens (tertiary/aromatic N) is 2. The minimum absolute atomic E-state index is 0.225. The van der Waals surface area contributed by atoms with Crippen molar-refractivity contribution in [3.63, 3.8) is 0 Å². The molecule has 84 valence electrons. The molecule has 2 aromatic rings. The van der Waals surface area contributed by atoms with Gasteiger partial charge in [-0.3, -0.25) is 4.79 Å². The van der Waals surface area contributed by atoms with Gasteiger partial charge in [-0.05, 0) is 6.07 Å². The molecule has 2 heterocycles. The SMILES string of the molecule is NC(=O)C(F)(F)c1cn2ccc(Cl)cc2n1. The summed E-state index contributed by atoms with van der Waals surface area (Å²) in [4.78, 5) is 14.2. The molecule has 0 unspecified atom stereocenters. The lowest BCUT2D eigenvalue weighted by atomic mass is 10.2. The maximum Gasteiger partial charge on any atom is 0.367 e. The van der Waals surface area contributed by atoms with Gasteiger partial charge in [0.2, 0.25) is 0 Å². The van der Waals surface area contributed by atoms with Crippen LogP contribution >= 0.6 is 11.6 Å². The molecule has 0 radical (unpaired) electrons. The van der Waals surface area contributed by atoms with E-state index in [0.29, 0.717) is 5.02 Å². The van der Waals surface area contributed by atoms with E-state index in [9.17, 15) is 13.6 Å². The lowest BCUT2D eigenvalue weighted by molar-refractivity contribution is -0.143. The Hall–Kier alpha value is -1.69. The van der Waals surface area contributed by atoms with Gasteiger partial charge in [0.25, 0.3) is 5.91 Å². The Labute approximate surface area is 93.6 Å². The first-order chi connectivity index (χ1) is 7.41. The van der Waals surface area contributed by atoms with Crippen molar-refractivity contribution in [1.82, 2.24) is 9.38 Å². The van der Waals surface area contributed by atoms with Gasteiger partial charge < -0.3 is 10.1 Å². The molecule has 0 aliphatic rings. The zero-order valence-electron chi connectivity index (χ0n) is 7.82. The van der Waals surface area contributed by atoms with Crippen LogP contribution in [-0.4, -0.2) is 15.3 Å². The van der Waals surface area contributed by atoms with Crippen LogP contribution < -0.4 is 5.73 Å². The first kappa shape index (κ1) is 10.8. The molecule has 0 aliphatic heterocycles. The Morgan fingerprint density at radius 1 is 1.56 bits per heavy atom. The number of pyridine rings is 1. The molecule has 2 rings (SSSR count). The summed E-state index contributed by atoms with van der Waals surface area (Å²) in [6.45, 7) is 0. The van der Waals surface area contributed by atoms with Gasteiger partial charge in [0.15, 0.2) is 0 Å². The van der Waals surface area contributed by atoms with Crippen molar-refractivity contribution >= 4 is 23.2 Å². The van der Waals surface area contributed by atoms with Crippen molar-refractivity contribution in [3.8, 4) is 0 Å². The van der Waals surface area contributed by atoms with Crippen molar-refractivity contribution in [3.05, 3.63) is 35.2 Å². The van der Waals surface area contributed by atoms with E-state index in [1.165, 1.54) is 22.7 Å². The number of alkyl halides is 2. The number of nitrogens with two attached hydrogens (primary N) is 1. The molecule has 7 heteroatoms. The van der Waals surface area contributed by atoms with Gasteiger partial charge in [0.1, 0.15) is 11.3 Å². The highest BCUT2D eigenvalue weighted by atomic mass is 35.5. The van der Waals surface area contributed by atoms with E-state index in [1.54, 1.807) is 0 Å². The number of halogens is 3. The maximum atomic E-state index is 13.2. The minimum Gasteiger partial charge on any atom is -0.364 e. The molecule has 0 atom stereocenters. The largest absolute Gasteiger partial charge is 0.367 e. The normalized spacial score (nSPS) is 11.9. The minimum atomic E-state index is -3.78. The first-order valence-electron chi connectivity index (χ1n) is 4.23. The van der Waals surface area contributed by atoms with Crippen LogP contribution in [0.25, 0.3) is 5.65 Å². The molecule has 2 N–H and O–H groups in total. The smallest absolute Gasteiger partial charge is 0.364 e. The fourth-order valence-corrected chi connectivity index (χ4v) is 1.39. The van der Waals surface area contributed by atoms with E-state index in [2.05, 4.69) is 10.7 Å². The highest BCUT2D eigenvalue weighted by molar-refractivity contribution is 6.30. The number of imidazole rings is 1. The molecule has 2 aromatic heterocycles. The summed E-state index contributed by atoms with van der Waals surface area (Å²) in [5, 5.41) is 0.368. The van der Waals surface area contributed by atoms with E-state index in [4.69, 9.17) is 11.6 Å². The van der Waals surface area contributed by atoms with Gasteiger partial charge in [0.05, 0.1) is 0 Å². The standard InChI is InChI=1S/C9H6ClF2N3O/c10-5-1-2-15-4-6(14-7(15)3-5)9(11,12)8(13)16/h1-4H,(H2,13,16). The van der Waals surface area contributed by atoms with Crippen molar-refractivity contribution in [2.24, 2.45) is 5.73 Å². The molecule has 0 bridgehead atoms. The van der Waals surface area contributed by atoms with Crippen LogP contribution in [0, 0.1) is 0 Å². The Morgan fingerprint density at radius 3 is 2.88 bits per heavy atom. The van der Waals surface area contributed by atoms with Crippen LogP contribution in [0.3, 0.4) is 0 Å². The molecule has 0 aromatic carbocycles. The number of aromatic nitrogens is 2. The number of amides is 1. The monoisotopic (exact) mass is 245 g/mol. The zero-order valence-corrected chi connectivity index (χ0v) is 8.58. The third kappa shape index (κ3) is 1.61. The second-order valence-corrected chi connectivity index (χ2v) is 3.61. The molecule has 0 aliphatic carbocycles. The molecule has 0 spiro atoms. The number of primary amides is 1. The highest BCUT2D eigenvalue weighted by Crippen LogP contribution is 2.27. The Kier molecular flexibility index (Phi) is 2.31. The third-order valence-electron chi connectivity index (χ3n) is 2.05. The van der Waals surface area contributed by atoms with Crippen molar-refractivity contribution in [2.75, 3.05) is 0 Å². The van der Waals surface area contributed by atoms with Crippen molar-refractivity contribution in [2.45, 2.75) is 5.92 Å². The molecule has 1 amide bonds. The summed E-state index contributed by atoms with van der Waals surface area (Å²) in [6, 6.07) is 2.92.